The minimum Gasteiger partial charge on any atom is -0.383 e. The van der Waals surface area contributed by atoms with Crippen molar-refractivity contribution in [1.82, 2.24) is 10.2 Å². The van der Waals surface area contributed by atoms with Crippen LogP contribution in [0.5, 0.6) is 0 Å². The van der Waals surface area contributed by atoms with E-state index in [2.05, 4.69) is 28.9 Å². The number of aromatic nitrogens is 2. The molecule has 0 aromatic carbocycles. The lowest BCUT2D eigenvalue weighted by Gasteiger charge is -2.26. The highest BCUT2D eigenvalue weighted by Crippen LogP contribution is 2.33. The van der Waals surface area contributed by atoms with E-state index >= 15 is 0 Å². The van der Waals surface area contributed by atoms with Crippen LogP contribution in [-0.4, -0.2) is 36.5 Å². The molecule has 1 heterocycles. The largest absolute Gasteiger partial charge is 0.383 e. The molecule has 1 aliphatic carbocycles. The Labute approximate surface area is 121 Å². The highest BCUT2D eigenvalue weighted by molar-refractivity contribution is 5.53. The lowest BCUT2D eigenvalue weighted by atomic mass is 10.0. The van der Waals surface area contributed by atoms with Crippen molar-refractivity contribution in [3.63, 3.8) is 0 Å². The van der Waals surface area contributed by atoms with E-state index in [9.17, 15) is 0 Å². The summed E-state index contributed by atoms with van der Waals surface area (Å²) >= 11 is 0. The molecular formula is C15H26N4O. The number of rotatable bonds is 8. The van der Waals surface area contributed by atoms with E-state index in [0.717, 1.165) is 30.9 Å². The van der Waals surface area contributed by atoms with Crippen LogP contribution in [0.4, 0.5) is 5.82 Å². The molecule has 2 rings (SSSR count). The normalized spacial score (nSPS) is 14.6. The molecule has 0 atom stereocenters. The van der Waals surface area contributed by atoms with Crippen molar-refractivity contribution in [2.24, 2.45) is 5.73 Å². The summed E-state index contributed by atoms with van der Waals surface area (Å²) in [5.41, 5.74) is 9.54. The molecular weight excluding hydrogens is 252 g/mol. The fraction of sp³-hybridized carbons (Fsp3) is 0.733. The van der Waals surface area contributed by atoms with Gasteiger partial charge in [0.1, 0.15) is 0 Å². The molecule has 1 aliphatic rings. The van der Waals surface area contributed by atoms with Gasteiger partial charge in [-0.05, 0) is 31.2 Å². The van der Waals surface area contributed by atoms with Gasteiger partial charge in [-0.1, -0.05) is 13.8 Å². The van der Waals surface area contributed by atoms with Gasteiger partial charge in [-0.3, -0.25) is 0 Å². The zero-order valence-electron chi connectivity index (χ0n) is 12.9. The number of anilines is 1. The van der Waals surface area contributed by atoms with E-state index in [4.69, 9.17) is 10.5 Å². The van der Waals surface area contributed by atoms with Gasteiger partial charge in [-0.15, -0.1) is 5.10 Å². The number of ether oxygens (including phenoxy) is 1. The number of methoxy groups -OCH3 is 1. The molecule has 0 bridgehead atoms. The fourth-order valence-electron chi connectivity index (χ4n) is 2.72. The van der Waals surface area contributed by atoms with Gasteiger partial charge in [-0.2, -0.15) is 5.10 Å². The minimum absolute atomic E-state index is 0.525. The highest BCUT2D eigenvalue weighted by atomic mass is 16.5. The second kappa shape index (κ2) is 6.99. The van der Waals surface area contributed by atoms with Crippen LogP contribution in [0.2, 0.25) is 0 Å². The number of hydrogen-bond donors (Lipinski definition) is 1. The van der Waals surface area contributed by atoms with Gasteiger partial charge >= 0.3 is 0 Å². The van der Waals surface area contributed by atoms with Crippen LogP contribution in [0.25, 0.3) is 0 Å². The third kappa shape index (κ3) is 3.10. The summed E-state index contributed by atoms with van der Waals surface area (Å²) in [6.45, 7) is 6.37. The number of nitrogens with two attached hydrogens (primary N) is 1. The van der Waals surface area contributed by atoms with E-state index in [0.29, 0.717) is 19.2 Å². The summed E-state index contributed by atoms with van der Waals surface area (Å²) in [4.78, 5) is 2.33. The van der Waals surface area contributed by atoms with Gasteiger partial charge in [0.25, 0.3) is 0 Å². The molecule has 0 amide bonds. The zero-order chi connectivity index (χ0) is 14.5. The summed E-state index contributed by atoms with van der Waals surface area (Å²) < 4.78 is 5.23. The number of aryl methyl sites for hydroxylation is 1. The van der Waals surface area contributed by atoms with Crippen molar-refractivity contribution in [2.75, 3.05) is 25.2 Å². The first-order valence-electron chi connectivity index (χ1n) is 7.59. The third-order valence-corrected chi connectivity index (χ3v) is 3.94. The first kappa shape index (κ1) is 15.2. The molecule has 1 saturated carbocycles. The monoisotopic (exact) mass is 278 g/mol. The average Bonchev–Trinajstić information content (AvgIpc) is 3.31. The van der Waals surface area contributed by atoms with Crippen molar-refractivity contribution in [3.8, 4) is 0 Å². The first-order chi connectivity index (χ1) is 9.76. The van der Waals surface area contributed by atoms with Crippen molar-refractivity contribution in [2.45, 2.75) is 52.1 Å². The van der Waals surface area contributed by atoms with E-state index in [1.165, 1.54) is 24.0 Å². The minimum atomic E-state index is 0.525. The highest BCUT2D eigenvalue weighted by Gasteiger charge is 2.32. The fourth-order valence-corrected chi connectivity index (χ4v) is 2.72. The van der Waals surface area contributed by atoms with Gasteiger partial charge in [0, 0.05) is 31.8 Å². The maximum Gasteiger partial charge on any atom is 0.156 e. The Morgan fingerprint density at radius 2 is 1.95 bits per heavy atom. The Balaban J connectivity index is 2.37. The summed E-state index contributed by atoms with van der Waals surface area (Å²) in [7, 11) is 1.73. The van der Waals surface area contributed by atoms with Gasteiger partial charge in [0.2, 0.25) is 0 Å². The summed E-state index contributed by atoms with van der Waals surface area (Å²) in [5, 5.41) is 8.91. The number of nitrogens with zero attached hydrogens (tertiary/aromatic N) is 3. The van der Waals surface area contributed by atoms with Crippen molar-refractivity contribution >= 4 is 5.82 Å². The Morgan fingerprint density at radius 3 is 2.45 bits per heavy atom. The molecule has 5 nitrogen and oxygen atoms in total. The van der Waals surface area contributed by atoms with Crippen LogP contribution < -0.4 is 10.6 Å². The molecule has 112 valence electrons. The van der Waals surface area contributed by atoms with Gasteiger partial charge < -0.3 is 15.4 Å². The quantitative estimate of drug-likeness (QED) is 0.783. The topological polar surface area (TPSA) is 64.3 Å². The summed E-state index contributed by atoms with van der Waals surface area (Å²) in [6, 6.07) is 0.585. The predicted octanol–water partition coefficient (Wildman–Crippen LogP) is 1.68. The molecule has 0 aliphatic heterocycles. The molecule has 0 unspecified atom stereocenters. The molecule has 1 fully saturated rings. The van der Waals surface area contributed by atoms with E-state index in [1.54, 1.807) is 7.11 Å². The standard InChI is InChI=1S/C15H26N4O/c1-4-12-13(10-16)15(18-17-14(12)5-2)19(8-9-20-3)11-6-7-11/h11H,4-10,16H2,1-3H3. The molecule has 1 aromatic rings. The van der Waals surface area contributed by atoms with Crippen molar-refractivity contribution in [1.29, 1.82) is 0 Å². The lowest BCUT2D eigenvalue weighted by Crippen LogP contribution is -2.32. The van der Waals surface area contributed by atoms with Crippen molar-refractivity contribution in [3.05, 3.63) is 16.8 Å². The molecule has 20 heavy (non-hydrogen) atoms. The molecule has 1 aromatic heterocycles. The Bertz CT molecular complexity index is 446. The van der Waals surface area contributed by atoms with Gasteiger partial charge in [0.15, 0.2) is 5.82 Å². The molecule has 5 heteroatoms. The van der Waals surface area contributed by atoms with E-state index < -0.39 is 0 Å². The van der Waals surface area contributed by atoms with Crippen LogP contribution in [0.3, 0.4) is 0 Å². The zero-order valence-corrected chi connectivity index (χ0v) is 12.9. The Kier molecular flexibility index (Phi) is 5.31. The average molecular weight is 278 g/mol. The second-order valence-corrected chi connectivity index (χ2v) is 5.26. The molecule has 0 spiro atoms. The van der Waals surface area contributed by atoms with Crippen LogP contribution in [0.1, 0.15) is 43.5 Å². The summed E-state index contributed by atoms with van der Waals surface area (Å²) in [6.07, 6.45) is 4.32. The Morgan fingerprint density at radius 1 is 1.20 bits per heavy atom. The van der Waals surface area contributed by atoms with Crippen LogP contribution >= 0.6 is 0 Å². The Hall–Kier alpha value is -1.20. The van der Waals surface area contributed by atoms with Crippen molar-refractivity contribution < 1.29 is 4.74 Å². The molecule has 0 radical (unpaired) electrons. The SMILES string of the molecule is CCc1nnc(N(CCOC)C2CC2)c(CN)c1CC. The van der Waals surface area contributed by atoms with E-state index in [-0.39, 0.29) is 0 Å². The predicted molar refractivity (Wildman–Crippen MR) is 80.9 cm³/mol. The second-order valence-electron chi connectivity index (χ2n) is 5.26. The smallest absolute Gasteiger partial charge is 0.156 e. The lowest BCUT2D eigenvalue weighted by molar-refractivity contribution is 0.204. The van der Waals surface area contributed by atoms with Crippen LogP contribution in [-0.2, 0) is 24.1 Å². The summed E-state index contributed by atoms with van der Waals surface area (Å²) in [5.74, 6) is 0.973. The third-order valence-electron chi connectivity index (χ3n) is 3.94. The maximum atomic E-state index is 6.01. The number of hydrogen-bond acceptors (Lipinski definition) is 5. The van der Waals surface area contributed by atoms with Crippen LogP contribution in [0.15, 0.2) is 0 Å². The maximum absolute atomic E-state index is 6.01. The van der Waals surface area contributed by atoms with Crippen LogP contribution in [0, 0.1) is 0 Å². The molecule has 0 saturated heterocycles. The van der Waals surface area contributed by atoms with Gasteiger partial charge in [-0.25, -0.2) is 0 Å². The van der Waals surface area contributed by atoms with Gasteiger partial charge in [0.05, 0.1) is 12.3 Å². The molecule has 2 N–H and O–H groups in total. The first-order valence-corrected chi connectivity index (χ1v) is 7.59. The van der Waals surface area contributed by atoms with E-state index in [1.807, 2.05) is 0 Å².